The van der Waals surface area contributed by atoms with E-state index in [2.05, 4.69) is 17.1 Å². The van der Waals surface area contributed by atoms with Crippen LogP contribution in [0.25, 0.3) is 0 Å². The van der Waals surface area contributed by atoms with Gasteiger partial charge in [0.15, 0.2) is 0 Å². The van der Waals surface area contributed by atoms with Gasteiger partial charge in [-0.05, 0) is 31.6 Å². The van der Waals surface area contributed by atoms with Crippen LogP contribution in [0.5, 0.6) is 0 Å². The number of nitrogens with one attached hydrogen (secondary N) is 1. The second-order valence-corrected chi connectivity index (χ2v) is 5.16. The van der Waals surface area contributed by atoms with E-state index in [0.29, 0.717) is 5.41 Å². The highest BCUT2D eigenvalue weighted by molar-refractivity contribution is 5.48. The molecule has 82 valence electrons. The van der Waals surface area contributed by atoms with Gasteiger partial charge in [0, 0.05) is 16.7 Å². The zero-order chi connectivity index (χ0) is 10.5. The topological polar surface area (TPSA) is 54.7 Å². The van der Waals surface area contributed by atoms with Crippen molar-refractivity contribution >= 4 is 5.82 Å². The molecule has 1 aromatic heterocycles. The lowest BCUT2D eigenvalue weighted by atomic mass is 9.94. The summed E-state index contributed by atoms with van der Waals surface area (Å²) in [5.74, 6) is 1.66. The maximum atomic E-state index is 5.93. The maximum absolute atomic E-state index is 5.93. The molecule has 0 aliphatic heterocycles. The molecule has 2 saturated carbocycles. The number of hydrogen-bond acceptors (Lipinski definition) is 2. The van der Waals surface area contributed by atoms with Gasteiger partial charge in [-0.25, -0.2) is 0 Å². The number of anilines is 1. The molecule has 0 radical (unpaired) electrons. The Balaban J connectivity index is 1.98. The summed E-state index contributed by atoms with van der Waals surface area (Å²) < 4.78 is 0. The molecular formula is C12H19N3. The number of hydrogen-bond donors (Lipinski definition) is 2. The van der Waals surface area contributed by atoms with Gasteiger partial charge in [-0.3, -0.25) is 5.10 Å². The lowest BCUT2D eigenvalue weighted by Gasteiger charge is -2.12. The van der Waals surface area contributed by atoms with Crippen molar-refractivity contribution in [2.45, 2.75) is 50.9 Å². The number of nitrogens with zero attached hydrogens (tertiary/aromatic N) is 1. The third-order valence-electron chi connectivity index (χ3n) is 4.30. The van der Waals surface area contributed by atoms with Crippen molar-refractivity contribution in [3.05, 3.63) is 11.3 Å². The number of H-pyrrole nitrogens is 1. The van der Waals surface area contributed by atoms with Gasteiger partial charge < -0.3 is 5.73 Å². The van der Waals surface area contributed by atoms with Gasteiger partial charge >= 0.3 is 0 Å². The van der Waals surface area contributed by atoms with E-state index in [1.165, 1.54) is 36.9 Å². The predicted octanol–water partition coefficient (Wildman–Crippen LogP) is 2.39. The third-order valence-corrected chi connectivity index (χ3v) is 4.30. The Morgan fingerprint density at radius 2 is 2.47 bits per heavy atom. The van der Waals surface area contributed by atoms with Gasteiger partial charge in [-0.15, -0.1) is 0 Å². The Labute approximate surface area is 90.4 Å². The first-order valence-corrected chi connectivity index (χ1v) is 6.11. The molecule has 15 heavy (non-hydrogen) atoms. The molecule has 2 fully saturated rings. The molecule has 2 aliphatic carbocycles. The number of nitrogens with two attached hydrogens (primary N) is 1. The number of rotatable bonds is 3. The van der Waals surface area contributed by atoms with Gasteiger partial charge in [0.1, 0.15) is 5.82 Å². The summed E-state index contributed by atoms with van der Waals surface area (Å²) in [6.07, 6.45) is 7.73. The van der Waals surface area contributed by atoms with E-state index in [9.17, 15) is 0 Å². The van der Waals surface area contributed by atoms with Crippen LogP contribution in [0, 0.1) is 5.92 Å². The summed E-state index contributed by atoms with van der Waals surface area (Å²) >= 11 is 0. The molecule has 0 spiro atoms. The van der Waals surface area contributed by atoms with Crippen molar-refractivity contribution in [1.82, 2.24) is 10.2 Å². The van der Waals surface area contributed by atoms with E-state index in [-0.39, 0.29) is 0 Å². The summed E-state index contributed by atoms with van der Waals surface area (Å²) in [6.45, 7) is 2.20. The van der Waals surface area contributed by atoms with E-state index in [4.69, 9.17) is 5.73 Å². The standard InChI is InChI=1S/C12H19N3/c1-2-4-9-10(14-15-11(9)13)12-6-3-5-8(12)7-12/h8H,2-7H2,1H3,(H3,13,14,15). The van der Waals surface area contributed by atoms with E-state index in [1.807, 2.05) is 0 Å². The van der Waals surface area contributed by atoms with Crippen molar-refractivity contribution in [1.29, 1.82) is 0 Å². The Bertz CT molecular complexity index is 382. The Morgan fingerprint density at radius 1 is 1.60 bits per heavy atom. The fourth-order valence-electron chi connectivity index (χ4n) is 3.45. The average Bonchev–Trinajstić information content (AvgIpc) is 2.60. The van der Waals surface area contributed by atoms with Crippen LogP contribution in [-0.4, -0.2) is 10.2 Å². The van der Waals surface area contributed by atoms with Crippen LogP contribution < -0.4 is 5.73 Å². The SMILES string of the molecule is CCCc1c(N)n[nH]c1C12CCCC1C2. The summed E-state index contributed by atoms with van der Waals surface area (Å²) in [4.78, 5) is 0. The summed E-state index contributed by atoms with van der Waals surface area (Å²) in [5, 5.41) is 7.41. The molecule has 0 bridgehead atoms. The van der Waals surface area contributed by atoms with E-state index in [0.717, 1.165) is 24.6 Å². The van der Waals surface area contributed by atoms with Crippen molar-refractivity contribution < 1.29 is 0 Å². The molecule has 2 atom stereocenters. The first kappa shape index (κ1) is 9.25. The van der Waals surface area contributed by atoms with E-state index >= 15 is 0 Å². The molecule has 2 unspecified atom stereocenters. The molecule has 1 heterocycles. The van der Waals surface area contributed by atoms with Crippen LogP contribution >= 0.6 is 0 Å². The van der Waals surface area contributed by atoms with Gasteiger partial charge in [0.05, 0.1) is 0 Å². The Hall–Kier alpha value is -0.990. The van der Waals surface area contributed by atoms with E-state index < -0.39 is 0 Å². The van der Waals surface area contributed by atoms with Crippen LogP contribution in [0.4, 0.5) is 5.82 Å². The van der Waals surface area contributed by atoms with Gasteiger partial charge in [-0.1, -0.05) is 19.8 Å². The van der Waals surface area contributed by atoms with E-state index in [1.54, 1.807) is 0 Å². The molecule has 0 aromatic carbocycles. The smallest absolute Gasteiger partial charge is 0.148 e. The number of aromatic amines is 1. The zero-order valence-corrected chi connectivity index (χ0v) is 9.34. The molecule has 2 aliphatic rings. The van der Waals surface area contributed by atoms with Gasteiger partial charge in [0.2, 0.25) is 0 Å². The fourth-order valence-corrected chi connectivity index (χ4v) is 3.45. The highest BCUT2D eigenvalue weighted by atomic mass is 15.2. The maximum Gasteiger partial charge on any atom is 0.148 e. The normalized spacial score (nSPS) is 33.0. The first-order chi connectivity index (χ1) is 7.28. The number of aromatic nitrogens is 2. The van der Waals surface area contributed by atoms with Crippen molar-refractivity contribution in [3.63, 3.8) is 0 Å². The van der Waals surface area contributed by atoms with Gasteiger partial charge in [0.25, 0.3) is 0 Å². The molecular weight excluding hydrogens is 186 g/mol. The summed E-state index contributed by atoms with van der Waals surface area (Å²) in [6, 6.07) is 0. The highest BCUT2D eigenvalue weighted by Gasteiger charge is 2.59. The fraction of sp³-hybridized carbons (Fsp3) is 0.750. The molecule has 3 rings (SSSR count). The second-order valence-electron chi connectivity index (χ2n) is 5.16. The second kappa shape index (κ2) is 3.00. The van der Waals surface area contributed by atoms with Crippen LogP contribution in [0.2, 0.25) is 0 Å². The minimum absolute atomic E-state index is 0.467. The monoisotopic (exact) mass is 205 g/mol. The quantitative estimate of drug-likeness (QED) is 0.796. The molecule has 3 heteroatoms. The lowest BCUT2D eigenvalue weighted by molar-refractivity contribution is 0.624. The minimum atomic E-state index is 0.467. The number of fused-ring (bicyclic) bond motifs is 1. The van der Waals surface area contributed by atoms with Crippen LogP contribution in [-0.2, 0) is 11.8 Å². The van der Waals surface area contributed by atoms with Crippen LogP contribution in [0.1, 0.15) is 50.3 Å². The van der Waals surface area contributed by atoms with Crippen molar-refractivity contribution in [3.8, 4) is 0 Å². The third kappa shape index (κ3) is 1.15. The molecule has 0 saturated heterocycles. The largest absolute Gasteiger partial charge is 0.382 e. The van der Waals surface area contributed by atoms with Crippen LogP contribution in [0.3, 0.4) is 0 Å². The van der Waals surface area contributed by atoms with Crippen molar-refractivity contribution in [2.75, 3.05) is 5.73 Å². The Kier molecular flexibility index (Phi) is 1.85. The van der Waals surface area contributed by atoms with Gasteiger partial charge in [-0.2, -0.15) is 5.10 Å². The Morgan fingerprint density at radius 3 is 3.07 bits per heavy atom. The molecule has 3 nitrogen and oxygen atoms in total. The lowest BCUT2D eigenvalue weighted by Crippen LogP contribution is -2.09. The molecule has 0 amide bonds. The minimum Gasteiger partial charge on any atom is -0.382 e. The predicted molar refractivity (Wildman–Crippen MR) is 60.6 cm³/mol. The van der Waals surface area contributed by atoms with Crippen LogP contribution in [0.15, 0.2) is 0 Å². The highest BCUT2D eigenvalue weighted by Crippen LogP contribution is 2.64. The number of nitrogen functional groups attached to an aromatic ring is 1. The summed E-state index contributed by atoms with van der Waals surface area (Å²) in [7, 11) is 0. The first-order valence-electron chi connectivity index (χ1n) is 6.11. The summed E-state index contributed by atoms with van der Waals surface area (Å²) in [5.41, 5.74) is 9.08. The zero-order valence-electron chi connectivity index (χ0n) is 9.34. The molecule has 1 aromatic rings. The van der Waals surface area contributed by atoms with Crippen molar-refractivity contribution in [2.24, 2.45) is 5.92 Å². The molecule has 3 N–H and O–H groups in total. The average molecular weight is 205 g/mol.